The van der Waals surface area contributed by atoms with E-state index in [1.54, 1.807) is 22.3 Å². The van der Waals surface area contributed by atoms with E-state index in [0.717, 1.165) is 25.7 Å². The van der Waals surface area contributed by atoms with Crippen molar-refractivity contribution in [2.45, 2.75) is 91.4 Å². The number of allylic oxidation sites excluding steroid dienone is 16. The monoisotopic (exact) mass is 754 g/mol. The molecule has 0 aliphatic heterocycles. The van der Waals surface area contributed by atoms with Crippen LogP contribution in [0.3, 0.4) is 0 Å². The zero-order valence-corrected chi connectivity index (χ0v) is 35.6. The number of hydrogen-bond donors (Lipinski definition) is 0. The molecule has 4 aromatic carbocycles. The van der Waals surface area contributed by atoms with Gasteiger partial charge in [0.25, 0.3) is 0 Å². The molecule has 7 aliphatic carbocycles. The van der Waals surface area contributed by atoms with Gasteiger partial charge in [-0.1, -0.05) is 188 Å². The maximum atomic E-state index is 2.64. The molecule has 0 spiro atoms. The highest BCUT2D eigenvalue weighted by atomic mass is 14.6. The second kappa shape index (κ2) is 12.8. The Morgan fingerprint density at radius 3 is 2.26 bits per heavy atom. The van der Waals surface area contributed by atoms with Crippen LogP contribution in [0.25, 0.3) is 21.9 Å². The lowest BCUT2D eigenvalue weighted by molar-refractivity contribution is 0.281. The van der Waals surface area contributed by atoms with E-state index in [9.17, 15) is 0 Å². The number of fused-ring (bicyclic) bond motifs is 8. The Kier molecular flexibility index (Phi) is 7.97. The lowest BCUT2D eigenvalue weighted by Gasteiger charge is -2.53. The molecule has 0 aromatic heterocycles. The Labute approximate surface area is 347 Å². The molecule has 0 heteroatoms. The SMILES string of the molecule is CC1C=CC2=C(C3=C4CC(C)C(C)CC4=C(c4ccc5c(c4)C(C)(C)C4C=CC=CC54)C4=CC=CCC43C)c3ccccc3C(c3ccc4ccccc4c3)C2(C)C1. The zero-order valence-electron chi connectivity index (χ0n) is 35.6. The van der Waals surface area contributed by atoms with Crippen LogP contribution in [0, 0.1) is 34.5 Å². The summed E-state index contributed by atoms with van der Waals surface area (Å²) in [5.41, 5.74) is 19.7. The minimum absolute atomic E-state index is 0.0679. The molecular weight excluding hydrogens is 697 g/mol. The molecule has 8 atom stereocenters. The van der Waals surface area contributed by atoms with Crippen molar-refractivity contribution in [1.29, 1.82) is 0 Å². The van der Waals surface area contributed by atoms with E-state index in [-0.39, 0.29) is 22.2 Å². The van der Waals surface area contributed by atoms with Gasteiger partial charge < -0.3 is 0 Å². The van der Waals surface area contributed by atoms with Gasteiger partial charge in [0, 0.05) is 22.7 Å². The van der Waals surface area contributed by atoms with Crippen molar-refractivity contribution in [3.8, 4) is 0 Å². The molecule has 1 fully saturated rings. The van der Waals surface area contributed by atoms with Gasteiger partial charge in [-0.15, -0.1) is 0 Å². The van der Waals surface area contributed by atoms with Crippen molar-refractivity contribution in [3.63, 3.8) is 0 Å². The fourth-order valence-electron chi connectivity index (χ4n) is 13.4. The first-order valence-electron chi connectivity index (χ1n) is 22.3. The third-order valence-corrected chi connectivity index (χ3v) is 16.5. The Hall–Kier alpha value is -4.94. The summed E-state index contributed by atoms with van der Waals surface area (Å²) >= 11 is 0. The first kappa shape index (κ1) is 36.2. The van der Waals surface area contributed by atoms with E-state index in [4.69, 9.17) is 0 Å². The molecule has 0 saturated heterocycles. The van der Waals surface area contributed by atoms with E-state index in [1.165, 1.54) is 60.9 Å². The van der Waals surface area contributed by atoms with Gasteiger partial charge in [-0.2, -0.15) is 0 Å². The summed E-state index contributed by atoms with van der Waals surface area (Å²) < 4.78 is 0. The van der Waals surface area contributed by atoms with Crippen LogP contribution in [-0.4, -0.2) is 0 Å². The number of hydrogen-bond acceptors (Lipinski definition) is 0. The minimum atomic E-state index is -0.166. The molecule has 8 unspecified atom stereocenters. The van der Waals surface area contributed by atoms with Crippen molar-refractivity contribution in [2.75, 3.05) is 0 Å². The van der Waals surface area contributed by atoms with Crippen molar-refractivity contribution >= 4 is 21.9 Å². The Morgan fingerprint density at radius 1 is 0.655 bits per heavy atom. The molecule has 7 aliphatic rings. The summed E-state index contributed by atoms with van der Waals surface area (Å²) in [6.45, 7) is 17.7. The Morgan fingerprint density at radius 2 is 1.41 bits per heavy atom. The summed E-state index contributed by atoms with van der Waals surface area (Å²) in [6, 6.07) is 33.4. The summed E-state index contributed by atoms with van der Waals surface area (Å²) in [6.07, 6.45) is 26.3. The van der Waals surface area contributed by atoms with E-state index in [0.29, 0.717) is 29.6 Å². The number of rotatable bonds is 3. The van der Waals surface area contributed by atoms with Crippen molar-refractivity contribution < 1.29 is 0 Å². The first-order valence-corrected chi connectivity index (χ1v) is 22.3. The van der Waals surface area contributed by atoms with E-state index in [2.05, 4.69) is 188 Å². The molecule has 0 N–H and O–H groups in total. The topological polar surface area (TPSA) is 0 Å². The fourth-order valence-corrected chi connectivity index (χ4v) is 13.4. The normalized spacial score (nSPS) is 32.7. The molecule has 0 heterocycles. The van der Waals surface area contributed by atoms with Gasteiger partial charge in [-0.25, -0.2) is 0 Å². The minimum Gasteiger partial charge on any atom is -0.0833 e. The van der Waals surface area contributed by atoms with E-state index >= 15 is 0 Å². The molecule has 0 radical (unpaired) electrons. The van der Waals surface area contributed by atoms with Gasteiger partial charge in [0.1, 0.15) is 0 Å². The lowest BCUT2D eigenvalue weighted by atomic mass is 9.50. The van der Waals surface area contributed by atoms with Gasteiger partial charge in [0.2, 0.25) is 0 Å². The summed E-state index contributed by atoms with van der Waals surface area (Å²) in [5, 5.41) is 2.65. The smallest absolute Gasteiger partial charge is 0.0224 e. The third kappa shape index (κ3) is 4.99. The first-order chi connectivity index (χ1) is 28.0. The fraction of sp³-hybridized carbons (Fsp3) is 0.345. The molecule has 290 valence electrons. The average molecular weight is 755 g/mol. The molecule has 58 heavy (non-hydrogen) atoms. The van der Waals surface area contributed by atoms with Crippen LogP contribution in [0.2, 0.25) is 0 Å². The van der Waals surface area contributed by atoms with Gasteiger partial charge in [0.05, 0.1) is 0 Å². The van der Waals surface area contributed by atoms with Gasteiger partial charge in [0.15, 0.2) is 0 Å². The highest BCUT2D eigenvalue weighted by Gasteiger charge is 2.52. The van der Waals surface area contributed by atoms with Crippen molar-refractivity contribution in [3.05, 3.63) is 201 Å². The largest absolute Gasteiger partial charge is 0.0833 e. The maximum Gasteiger partial charge on any atom is 0.0224 e. The van der Waals surface area contributed by atoms with Gasteiger partial charge >= 0.3 is 0 Å². The van der Waals surface area contributed by atoms with Crippen LogP contribution >= 0.6 is 0 Å². The predicted molar refractivity (Wildman–Crippen MR) is 246 cm³/mol. The van der Waals surface area contributed by atoms with Gasteiger partial charge in [-0.3, -0.25) is 0 Å². The second-order valence-corrected chi connectivity index (χ2v) is 20.3. The average Bonchev–Trinajstić information content (AvgIpc) is 3.45. The summed E-state index contributed by atoms with van der Waals surface area (Å²) in [4.78, 5) is 0. The second-order valence-electron chi connectivity index (χ2n) is 20.3. The lowest BCUT2D eigenvalue weighted by Crippen LogP contribution is -2.39. The van der Waals surface area contributed by atoms with Crippen LogP contribution in [0.4, 0.5) is 0 Å². The highest BCUT2D eigenvalue weighted by molar-refractivity contribution is 5.99. The summed E-state index contributed by atoms with van der Waals surface area (Å²) in [5.74, 6) is 2.98. The number of benzene rings is 4. The Balaban J connectivity index is 1.19. The standard InChI is InChI=1S/C58H58/c1-35-23-28-50-53(44-19-10-11-20-45(44)54(58(50,7)34-35)41-25-24-38-16-8-9-17-39(38)32-41)55-47-31-37(3)36(2)30-46(47)52(49-22-14-15-29-57(49,55)6)40-26-27-43-42-18-12-13-21-48(42)56(4,5)51(43)33-40/h8-28,32-33,35-37,42,48,54H,29-31,34H2,1-7H3. The molecule has 1 saturated carbocycles. The van der Waals surface area contributed by atoms with Crippen LogP contribution in [0.15, 0.2) is 167 Å². The highest BCUT2D eigenvalue weighted by Crippen LogP contribution is 2.67. The van der Waals surface area contributed by atoms with Crippen LogP contribution in [0.1, 0.15) is 119 Å². The molecule has 11 rings (SSSR count). The third-order valence-electron chi connectivity index (χ3n) is 16.5. The van der Waals surface area contributed by atoms with Crippen molar-refractivity contribution in [2.24, 2.45) is 34.5 Å². The molecule has 0 nitrogen and oxygen atoms in total. The van der Waals surface area contributed by atoms with E-state index < -0.39 is 0 Å². The molecule has 4 aromatic rings. The molecule has 0 bridgehead atoms. The molecular formula is C58H58. The predicted octanol–water partition coefficient (Wildman–Crippen LogP) is 15.2. The quantitative estimate of drug-likeness (QED) is 0.195. The van der Waals surface area contributed by atoms with Crippen LogP contribution < -0.4 is 0 Å². The Bertz CT molecular complexity index is 2690. The summed E-state index contributed by atoms with van der Waals surface area (Å²) in [7, 11) is 0. The van der Waals surface area contributed by atoms with E-state index in [1.807, 2.05) is 0 Å². The molecule has 0 amide bonds. The van der Waals surface area contributed by atoms with Gasteiger partial charge in [-0.05, 0) is 138 Å². The maximum absolute atomic E-state index is 2.64. The van der Waals surface area contributed by atoms with Crippen LogP contribution in [0.5, 0.6) is 0 Å². The zero-order chi connectivity index (χ0) is 39.7. The van der Waals surface area contributed by atoms with Crippen molar-refractivity contribution in [1.82, 2.24) is 0 Å². The van der Waals surface area contributed by atoms with Crippen LogP contribution in [-0.2, 0) is 5.41 Å².